The largest absolute Gasteiger partial charge is 0.458 e. The van der Waals surface area contributed by atoms with Gasteiger partial charge in [-0.25, -0.2) is 0 Å². The highest BCUT2D eigenvalue weighted by Gasteiger charge is 2.49. The minimum absolute atomic E-state index is 0.173. The predicted octanol–water partition coefficient (Wildman–Crippen LogP) is 15.9. The molecule has 11 aromatic carbocycles. The summed E-state index contributed by atoms with van der Waals surface area (Å²) in [5, 5.41) is 4.91. The summed E-state index contributed by atoms with van der Waals surface area (Å²) >= 11 is 3.73. The van der Waals surface area contributed by atoms with E-state index in [1.165, 1.54) is 41.1 Å². The van der Waals surface area contributed by atoms with Crippen molar-refractivity contribution in [3.8, 4) is 23.0 Å². The van der Waals surface area contributed by atoms with E-state index in [1.54, 1.807) is 0 Å². The van der Waals surface area contributed by atoms with Gasteiger partial charge in [0, 0.05) is 73.1 Å². The summed E-state index contributed by atoms with van der Waals surface area (Å²) in [7, 11) is 0. The van der Waals surface area contributed by atoms with Gasteiger partial charge in [0.1, 0.15) is 23.0 Å². The summed E-state index contributed by atoms with van der Waals surface area (Å²) < 4.78 is 17.6. The van der Waals surface area contributed by atoms with E-state index in [2.05, 4.69) is 287 Å². The number of hydrogen-bond donors (Lipinski definition) is 0. The quantitative estimate of drug-likeness (QED) is 0.141. The number of benzene rings is 11. The van der Waals surface area contributed by atoms with Gasteiger partial charge in [-0.3, -0.25) is 0 Å². The van der Waals surface area contributed by atoms with E-state index < -0.39 is 0 Å². The molecule has 0 aliphatic carbocycles. The lowest BCUT2D eigenvalue weighted by Gasteiger charge is -2.41. The average Bonchev–Trinajstić information content (AvgIpc) is 4.26. The predicted molar refractivity (Wildman–Crippen MR) is 338 cm³/mol. The van der Waals surface area contributed by atoms with Crippen molar-refractivity contribution in [1.82, 2.24) is 0 Å². The van der Waals surface area contributed by atoms with Crippen LogP contribution in [0.3, 0.4) is 0 Å². The van der Waals surface area contributed by atoms with Crippen LogP contribution >= 0.6 is 22.7 Å². The van der Waals surface area contributed by atoms with Gasteiger partial charge in [-0.2, -0.15) is 0 Å². The third-order valence-corrected chi connectivity index (χ3v) is 18.6. The van der Waals surface area contributed by atoms with Gasteiger partial charge >= 0.3 is 0 Å². The van der Waals surface area contributed by atoms with Gasteiger partial charge in [0.05, 0.1) is 21.4 Å². The second-order valence-corrected chi connectivity index (χ2v) is 22.8. The van der Waals surface area contributed by atoms with Gasteiger partial charge in [0.25, 0.3) is 13.4 Å². The van der Waals surface area contributed by atoms with E-state index in [0.717, 1.165) is 102 Å². The minimum atomic E-state index is -0.173. The zero-order chi connectivity index (χ0) is 52.4. The third-order valence-electron chi connectivity index (χ3n) is 16.3. The summed E-state index contributed by atoms with van der Waals surface area (Å²) in [6.07, 6.45) is 0. The zero-order valence-corrected chi connectivity index (χ0v) is 44.6. The highest BCUT2D eigenvalue weighted by molar-refractivity contribution is 7.27. The van der Waals surface area contributed by atoms with Crippen LogP contribution < -0.4 is 61.9 Å². The molecule has 0 fully saturated rings. The van der Waals surface area contributed by atoms with Crippen LogP contribution in [0.5, 0.6) is 23.0 Å². The molecule has 0 N–H and O–H groups in total. The van der Waals surface area contributed by atoms with Gasteiger partial charge in [-0.1, -0.05) is 152 Å². The Morgan fingerprint density at radius 2 is 0.637 bits per heavy atom. The molecule has 80 heavy (non-hydrogen) atoms. The van der Waals surface area contributed by atoms with Crippen molar-refractivity contribution < 1.29 is 9.47 Å². The van der Waals surface area contributed by atoms with Crippen molar-refractivity contribution in [2.24, 2.45) is 0 Å². The molecule has 0 atom stereocenters. The van der Waals surface area contributed by atoms with Crippen LogP contribution in [0.25, 0.3) is 20.2 Å². The van der Waals surface area contributed by atoms with Crippen LogP contribution in [0.4, 0.5) is 66.9 Å². The highest BCUT2D eigenvalue weighted by atomic mass is 32.1. The van der Waals surface area contributed by atoms with E-state index in [0.29, 0.717) is 0 Å². The summed E-state index contributed by atoms with van der Waals surface area (Å²) in [4.78, 5) is 9.66. The molecule has 17 rings (SSSR count). The Labute approximate surface area is 472 Å². The maximum atomic E-state index is 7.57. The van der Waals surface area contributed by atoms with Crippen LogP contribution in [-0.4, -0.2) is 13.4 Å². The molecule has 4 aliphatic rings. The van der Waals surface area contributed by atoms with Crippen LogP contribution in [-0.2, 0) is 0 Å². The molecule has 0 radical (unpaired) electrons. The number of nitrogens with zero attached hydrogens (tertiary/aromatic N) is 4. The topological polar surface area (TPSA) is 31.4 Å². The molecule has 0 amide bonds. The number of anilines is 12. The third kappa shape index (κ3) is 6.86. The number of thiophene rings is 2. The lowest BCUT2D eigenvalue weighted by Crippen LogP contribution is -2.63. The SMILES string of the molecule is c1ccc(N(c2ccccc2)c2cc3c4c(c2)N(c2ccccc2)c2sc5ccccc5c2B4c2cc4c(cc2O3)Oc2cc(N(c3ccccc3)c3ccccc3)cc3c2B4c2c(sc4ccccc24)N3c2ccccc2)cc1. The fourth-order valence-electron chi connectivity index (χ4n) is 13.0. The number of hydrogen-bond acceptors (Lipinski definition) is 8. The number of ether oxygens (including phenoxy) is 2. The maximum absolute atomic E-state index is 7.57. The molecule has 374 valence electrons. The fraction of sp³-hybridized carbons (Fsp3) is 0. The van der Waals surface area contributed by atoms with E-state index >= 15 is 0 Å². The lowest BCUT2D eigenvalue weighted by molar-refractivity contribution is 0.466. The second kappa shape index (κ2) is 17.9. The summed E-state index contributed by atoms with van der Waals surface area (Å²) in [5.74, 6) is 3.21. The van der Waals surface area contributed by atoms with Gasteiger partial charge in [0.2, 0.25) is 0 Å². The van der Waals surface area contributed by atoms with Gasteiger partial charge < -0.3 is 29.1 Å². The first-order chi connectivity index (χ1) is 39.7. The molecule has 2 aromatic heterocycles. The summed E-state index contributed by atoms with van der Waals surface area (Å²) in [6.45, 7) is -0.347. The fourth-order valence-corrected chi connectivity index (χ4v) is 15.6. The Morgan fingerprint density at radius 3 is 1.01 bits per heavy atom. The Bertz CT molecular complexity index is 4220. The molecule has 13 aromatic rings. The van der Waals surface area contributed by atoms with Crippen LogP contribution in [0.1, 0.15) is 0 Å². The Balaban J connectivity index is 0.938. The molecular formula is C70H44B2N4O2S2. The van der Waals surface area contributed by atoms with Gasteiger partial charge in [-0.15, -0.1) is 22.7 Å². The van der Waals surface area contributed by atoms with E-state index in [9.17, 15) is 0 Å². The van der Waals surface area contributed by atoms with Crippen molar-refractivity contribution >= 4 is 156 Å². The zero-order valence-electron chi connectivity index (χ0n) is 43.0. The first-order valence-corrected chi connectivity index (χ1v) is 28.8. The molecular weight excluding hydrogens is 1010 g/mol. The standard InChI is InChI=1S/C70H44B2N4O2S2/c1-7-23-45(24-8-1)73(46-25-9-2-10-26-46)51-39-57-67-61(41-51)77-59-44-60-56(43-55(59)71(67)65-53-35-19-21-37-63(53)79-69(65)75(57)49-31-15-5-16-32-49)72-66-54-36-20-22-38-64(54)80-70(66)76(50-33-17-6-18-34-50)58-40-52(42-62(78-60)68(58)72)74(47-27-11-3-12-28-47)48-29-13-4-14-30-48/h1-44H. The minimum Gasteiger partial charge on any atom is -0.458 e. The molecule has 6 nitrogen and oxygen atoms in total. The van der Waals surface area contributed by atoms with Crippen LogP contribution in [0.15, 0.2) is 267 Å². The Kier molecular flexibility index (Phi) is 10.1. The van der Waals surface area contributed by atoms with Gasteiger partial charge in [-0.05, 0) is 141 Å². The number of rotatable bonds is 8. The molecule has 6 heterocycles. The smallest absolute Gasteiger partial charge is 0.258 e. The molecule has 0 bridgehead atoms. The van der Waals surface area contributed by atoms with Crippen molar-refractivity contribution in [1.29, 1.82) is 0 Å². The summed E-state index contributed by atoms with van der Waals surface area (Å²) in [6, 6.07) is 96.2. The molecule has 0 saturated carbocycles. The maximum Gasteiger partial charge on any atom is 0.258 e. The van der Waals surface area contributed by atoms with E-state index in [4.69, 9.17) is 9.47 Å². The number of fused-ring (bicyclic) bond motifs is 12. The van der Waals surface area contributed by atoms with E-state index in [1.807, 2.05) is 22.7 Å². The monoisotopic (exact) mass is 1060 g/mol. The van der Waals surface area contributed by atoms with Crippen LogP contribution in [0.2, 0.25) is 0 Å². The number of para-hydroxylation sites is 6. The van der Waals surface area contributed by atoms with Crippen LogP contribution in [0, 0.1) is 0 Å². The van der Waals surface area contributed by atoms with E-state index in [-0.39, 0.29) is 13.4 Å². The lowest BCUT2D eigenvalue weighted by atomic mass is 9.31. The first-order valence-electron chi connectivity index (χ1n) is 27.1. The molecule has 4 aliphatic heterocycles. The molecule has 10 heteroatoms. The Hall–Kier alpha value is -9.73. The second-order valence-electron chi connectivity index (χ2n) is 20.7. The summed E-state index contributed by atoms with van der Waals surface area (Å²) in [5.41, 5.74) is 17.7. The Morgan fingerprint density at radius 1 is 0.300 bits per heavy atom. The molecule has 0 saturated heterocycles. The van der Waals surface area contributed by atoms with Crippen molar-refractivity contribution in [2.45, 2.75) is 0 Å². The van der Waals surface area contributed by atoms with Crippen molar-refractivity contribution in [3.05, 3.63) is 267 Å². The van der Waals surface area contributed by atoms with Crippen molar-refractivity contribution in [2.75, 3.05) is 19.6 Å². The average molecular weight is 1060 g/mol. The highest BCUT2D eigenvalue weighted by Crippen LogP contribution is 2.52. The van der Waals surface area contributed by atoms with Crippen molar-refractivity contribution in [3.63, 3.8) is 0 Å². The normalized spacial score (nSPS) is 13.1. The van der Waals surface area contributed by atoms with Gasteiger partial charge in [0.15, 0.2) is 0 Å². The first kappa shape index (κ1) is 45.3. The molecule has 0 unspecified atom stereocenters. The molecule has 0 spiro atoms.